The SMILES string of the molecule is COC(=O)c1cccc(NC(=O)c2ccc(Cl)c(NC(=O)c3cccs3)c2)c1. The number of rotatable bonds is 5. The topological polar surface area (TPSA) is 84.5 Å². The third-order valence-corrected chi connectivity index (χ3v) is 4.96. The lowest BCUT2D eigenvalue weighted by atomic mass is 10.1. The molecule has 0 fully saturated rings. The lowest BCUT2D eigenvalue weighted by Crippen LogP contribution is -2.14. The highest BCUT2D eigenvalue weighted by Crippen LogP contribution is 2.25. The number of esters is 1. The number of halogens is 1. The normalized spacial score (nSPS) is 10.2. The first-order valence-electron chi connectivity index (χ1n) is 8.12. The molecule has 0 aliphatic carbocycles. The Hall–Kier alpha value is -3.16. The molecule has 0 spiro atoms. The molecule has 28 heavy (non-hydrogen) atoms. The maximum Gasteiger partial charge on any atom is 0.337 e. The van der Waals surface area contributed by atoms with Crippen molar-refractivity contribution in [3.8, 4) is 0 Å². The highest BCUT2D eigenvalue weighted by atomic mass is 35.5. The van der Waals surface area contributed by atoms with Gasteiger partial charge in [0.05, 0.1) is 28.3 Å². The molecule has 0 unspecified atom stereocenters. The smallest absolute Gasteiger partial charge is 0.337 e. The second-order valence-corrected chi connectivity index (χ2v) is 7.01. The third-order valence-electron chi connectivity index (χ3n) is 3.76. The van der Waals surface area contributed by atoms with E-state index in [1.54, 1.807) is 41.8 Å². The Labute approximate surface area is 170 Å². The Morgan fingerprint density at radius 2 is 1.75 bits per heavy atom. The molecule has 8 heteroatoms. The van der Waals surface area contributed by atoms with Gasteiger partial charge in [-0.05, 0) is 47.8 Å². The molecule has 2 aromatic carbocycles. The van der Waals surface area contributed by atoms with Crippen LogP contribution in [0.5, 0.6) is 0 Å². The number of thiophene rings is 1. The molecule has 3 rings (SSSR count). The molecule has 2 N–H and O–H groups in total. The van der Waals surface area contributed by atoms with Gasteiger partial charge in [-0.2, -0.15) is 0 Å². The average molecular weight is 415 g/mol. The van der Waals surface area contributed by atoms with Crippen LogP contribution in [-0.2, 0) is 4.74 Å². The van der Waals surface area contributed by atoms with Gasteiger partial charge in [0.2, 0.25) is 0 Å². The summed E-state index contributed by atoms with van der Waals surface area (Å²) >= 11 is 7.45. The number of benzene rings is 2. The lowest BCUT2D eigenvalue weighted by molar-refractivity contribution is 0.0600. The van der Waals surface area contributed by atoms with E-state index >= 15 is 0 Å². The monoisotopic (exact) mass is 414 g/mol. The van der Waals surface area contributed by atoms with E-state index in [4.69, 9.17) is 11.6 Å². The Bertz CT molecular complexity index is 1030. The van der Waals surface area contributed by atoms with Crippen LogP contribution in [0.1, 0.15) is 30.4 Å². The highest BCUT2D eigenvalue weighted by molar-refractivity contribution is 7.12. The Balaban J connectivity index is 1.77. The number of amides is 2. The predicted octanol–water partition coefficient (Wildman–Crippen LogP) is 4.69. The summed E-state index contributed by atoms with van der Waals surface area (Å²) in [4.78, 5) is 36.9. The zero-order valence-electron chi connectivity index (χ0n) is 14.7. The maximum absolute atomic E-state index is 12.6. The van der Waals surface area contributed by atoms with Crippen molar-refractivity contribution in [2.24, 2.45) is 0 Å². The number of nitrogens with one attached hydrogen (secondary N) is 2. The summed E-state index contributed by atoms with van der Waals surface area (Å²) in [6.45, 7) is 0. The molecule has 0 atom stereocenters. The molecule has 0 radical (unpaired) electrons. The minimum absolute atomic E-state index is 0.300. The van der Waals surface area contributed by atoms with E-state index in [2.05, 4.69) is 15.4 Å². The van der Waals surface area contributed by atoms with Crippen LogP contribution >= 0.6 is 22.9 Å². The molecular formula is C20H15ClN2O4S. The summed E-state index contributed by atoms with van der Waals surface area (Å²) in [6.07, 6.45) is 0. The van der Waals surface area contributed by atoms with Crippen molar-refractivity contribution in [1.82, 2.24) is 0 Å². The molecule has 0 aliphatic heterocycles. The minimum Gasteiger partial charge on any atom is -0.465 e. The van der Waals surface area contributed by atoms with Crippen molar-refractivity contribution < 1.29 is 19.1 Å². The van der Waals surface area contributed by atoms with Gasteiger partial charge in [-0.15, -0.1) is 11.3 Å². The predicted molar refractivity (Wildman–Crippen MR) is 109 cm³/mol. The van der Waals surface area contributed by atoms with Crippen LogP contribution in [0, 0.1) is 0 Å². The van der Waals surface area contributed by atoms with E-state index in [9.17, 15) is 14.4 Å². The second kappa shape index (κ2) is 8.69. The van der Waals surface area contributed by atoms with Crippen molar-refractivity contribution in [2.75, 3.05) is 17.7 Å². The zero-order valence-corrected chi connectivity index (χ0v) is 16.3. The molecule has 1 aromatic heterocycles. The second-order valence-electron chi connectivity index (χ2n) is 5.65. The van der Waals surface area contributed by atoms with Gasteiger partial charge in [0.15, 0.2) is 0 Å². The van der Waals surface area contributed by atoms with Gasteiger partial charge in [0.1, 0.15) is 0 Å². The fraction of sp³-hybridized carbons (Fsp3) is 0.0500. The molecular weight excluding hydrogens is 400 g/mol. The zero-order chi connectivity index (χ0) is 20.1. The summed E-state index contributed by atoms with van der Waals surface area (Å²) in [6, 6.07) is 14.4. The molecule has 0 aliphatic rings. The van der Waals surface area contributed by atoms with Crippen molar-refractivity contribution in [1.29, 1.82) is 0 Å². The number of ether oxygens (including phenoxy) is 1. The molecule has 2 amide bonds. The van der Waals surface area contributed by atoms with Crippen LogP contribution in [0.4, 0.5) is 11.4 Å². The van der Waals surface area contributed by atoms with Crippen LogP contribution in [0.25, 0.3) is 0 Å². The van der Waals surface area contributed by atoms with Crippen LogP contribution in [-0.4, -0.2) is 24.9 Å². The van der Waals surface area contributed by atoms with E-state index in [1.165, 1.54) is 36.6 Å². The van der Waals surface area contributed by atoms with E-state index in [-0.39, 0.29) is 5.91 Å². The summed E-state index contributed by atoms with van der Waals surface area (Å²) < 4.78 is 4.67. The summed E-state index contributed by atoms with van der Waals surface area (Å²) in [7, 11) is 1.29. The van der Waals surface area contributed by atoms with Gasteiger partial charge in [0, 0.05) is 11.3 Å². The molecule has 142 valence electrons. The molecule has 0 saturated heterocycles. The Morgan fingerprint density at radius 3 is 2.46 bits per heavy atom. The van der Waals surface area contributed by atoms with Gasteiger partial charge < -0.3 is 15.4 Å². The fourth-order valence-corrected chi connectivity index (χ4v) is 3.18. The highest BCUT2D eigenvalue weighted by Gasteiger charge is 2.14. The van der Waals surface area contributed by atoms with Crippen LogP contribution in [0.2, 0.25) is 5.02 Å². The number of carbonyl (C=O) groups excluding carboxylic acids is 3. The molecule has 1 heterocycles. The van der Waals surface area contributed by atoms with Crippen molar-refractivity contribution in [3.05, 3.63) is 81.0 Å². The number of hydrogen-bond acceptors (Lipinski definition) is 5. The Kier molecular flexibility index (Phi) is 6.08. The molecule has 3 aromatic rings. The Morgan fingerprint density at radius 1 is 0.929 bits per heavy atom. The van der Waals surface area contributed by atoms with Crippen molar-refractivity contribution in [3.63, 3.8) is 0 Å². The number of carbonyl (C=O) groups is 3. The first-order valence-corrected chi connectivity index (χ1v) is 9.38. The molecule has 6 nitrogen and oxygen atoms in total. The molecule has 0 bridgehead atoms. The summed E-state index contributed by atoms with van der Waals surface area (Å²) in [5, 5.41) is 7.51. The lowest BCUT2D eigenvalue weighted by Gasteiger charge is -2.10. The summed E-state index contributed by atoms with van der Waals surface area (Å²) in [5.41, 5.74) is 1.39. The largest absolute Gasteiger partial charge is 0.465 e. The van der Waals surface area contributed by atoms with Gasteiger partial charge in [-0.1, -0.05) is 23.7 Å². The van der Waals surface area contributed by atoms with E-state index in [0.717, 1.165) is 0 Å². The first-order chi connectivity index (χ1) is 13.5. The average Bonchev–Trinajstić information content (AvgIpc) is 3.24. The fourth-order valence-electron chi connectivity index (χ4n) is 2.40. The van der Waals surface area contributed by atoms with Crippen molar-refractivity contribution in [2.45, 2.75) is 0 Å². The molecule has 0 saturated carbocycles. The van der Waals surface area contributed by atoms with Gasteiger partial charge in [0.25, 0.3) is 11.8 Å². The van der Waals surface area contributed by atoms with E-state index in [0.29, 0.717) is 32.4 Å². The first kappa shape index (κ1) is 19.6. The van der Waals surface area contributed by atoms with E-state index < -0.39 is 11.9 Å². The quantitative estimate of drug-likeness (QED) is 0.593. The van der Waals surface area contributed by atoms with Crippen LogP contribution < -0.4 is 10.6 Å². The van der Waals surface area contributed by atoms with E-state index in [1.807, 2.05) is 0 Å². The number of hydrogen-bond donors (Lipinski definition) is 2. The maximum atomic E-state index is 12.6. The standard InChI is InChI=1S/C20H15ClN2O4S/c1-27-20(26)13-4-2-5-14(10-13)22-18(24)12-7-8-15(21)16(11-12)23-19(25)17-6-3-9-28-17/h2-11H,1H3,(H,22,24)(H,23,25). The van der Waals surface area contributed by atoms with Crippen LogP contribution in [0.3, 0.4) is 0 Å². The minimum atomic E-state index is -0.499. The van der Waals surface area contributed by atoms with Gasteiger partial charge >= 0.3 is 5.97 Å². The number of anilines is 2. The number of methoxy groups -OCH3 is 1. The van der Waals surface area contributed by atoms with Gasteiger partial charge in [-0.3, -0.25) is 9.59 Å². The van der Waals surface area contributed by atoms with Crippen molar-refractivity contribution >= 4 is 52.1 Å². The van der Waals surface area contributed by atoms with Gasteiger partial charge in [-0.25, -0.2) is 4.79 Å². The van der Waals surface area contributed by atoms with Crippen LogP contribution in [0.15, 0.2) is 60.0 Å². The third kappa shape index (κ3) is 4.57. The summed E-state index contributed by atoms with van der Waals surface area (Å²) in [5.74, 6) is -1.22.